The maximum atomic E-state index is 11.9. The first-order chi connectivity index (χ1) is 12.3. The van der Waals surface area contributed by atoms with Crippen LogP contribution in [0.4, 0.5) is 4.79 Å². The predicted octanol–water partition coefficient (Wildman–Crippen LogP) is 2.85. The van der Waals surface area contributed by atoms with Gasteiger partial charge in [0.15, 0.2) is 5.96 Å². The lowest BCUT2D eigenvalue weighted by Crippen LogP contribution is -2.44. The van der Waals surface area contributed by atoms with Crippen molar-refractivity contribution in [1.82, 2.24) is 15.5 Å². The number of carbonyl (C=O) groups excluding carboxylic acids is 1. The van der Waals surface area contributed by atoms with Crippen LogP contribution in [0.1, 0.15) is 38.3 Å². The number of nitrogens with zero attached hydrogens (tertiary/aromatic N) is 3. The molecule has 1 unspecified atom stereocenters. The third-order valence-corrected chi connectivity index (χ3v) is 3.95. The van der Waals surface area contributed by atoms with Crippen LogP contribution in [-0.2, 0) is 11.3 Å². The zero-order valence-corrected chi connectivity index (χ0v) is 18.6. The van der Waals surface area contributed by atoms with Crippen molar-refractivity contribution in [3.63, 3.8) is 0 Å². The average molecular weight is 485 g/mol. The first-order valence-corrected chi connectivity index (χ1v) is 8.75. The zero-order chi connectivity index (χ0) is 19.2. The average Bonchev–Trinajstić information content (AvgIpc) is 3.02. The number of aliphatic imine (C=N–C) groups is 1. The molecule has 0 radical (unpaired) electrons. The highest BCUT2D eigenvalue weighted by Crippen LogP contribution is 2.12. The molecule has 1 atom stereocenters. The maximum Gasteiger partial charge on any atom is 0.407 e. The van der Waals surface area contributed by atoms with Gasteiger partial charge >= 0.3 is 6.09 Å². The van der Waals surface area contributed by atoms with Crippen molar-refractivity contribution in [1.29, 1.82) is 5.26 Å². The Morgan fingerprint density at radius 1 is 1.37 bits per heavy atom. The molecule has 1 aromatic carbocycles. The number of halogens is 1. The van der Waals surface area contributed by atoms with Gasteiger partial charge in [-0.05, 0) is 44.9 Å². The summed E-state index contributed by atoms with van der Waals surface area (Å²) in [4.78, 5) is 18.3. The fourth-order valence-electron chi connectivity index (χ4n) is 2.76. The van der Waals surface area contributed by atoms with Crippen LogP contribution in [0.25, 0.3) is 0 Å². The molecule has 1 heterocycles. The molecule has 8 heteroatoms. The van der Waals surface area contributed by atoms with Crippen molar-refractivity contribution in [3.8, 4) is 6.07 Å². The van der Waals surface area contributed by atoms with E-state index in [1.165, 1.54) is 0 Å². The molecule has 0 bridgehead atoms. The highest BCUT2D eigenvalue weighted by atomic mass is 127. The van der Waals surface area contributed by atoms with Gasteiger partial charge in [-0.15, -0.1) is 24.0 Å². The molecule has 1 saturated heterocycles. The van der Waals surface area contributed by atoms with Crippen molar-refractivity contribution in [3.05, 3.63) is 35.4 Å². The number of guanidine groups is 1. The lowest BCUT2D eigenvalue weighted by molar-refractivity contribution is 0.0507. The van der Waals surface area contributed by atoms with Crippen LogP contribution >= 0.6 is 24.0 Å². The summed E-state index contributed by atoms with van der Waals surface area (Å²) in [6.07, 6.45) is 0.460. The first kappa shape index (κ1) is 23.0. The van der Waals surface area contributed by atoms with Gasteiger partial charge in [0.2, 0.25) is 0 Å². The van der Waals surface area contributed by atoms with Crippen LogP contribution in [0.5, 0.6) is 0 Å². The normalized spacial score (nSPS) is 16.9. The highest BCUT2D eigenvalue weighted by molar-refractivity contribution is 14.0. The van der Waals surface area contributed by atoms with Crippen LogP contribution < -0.4 is 10.6 Å². The molecule has 0 aliphatic carbocycles. The van der Waals surface area contributed by atoms with Crippen LogP contribution in [0.15, 0.2) is 29.3 Å². The van der Waals surface area contributed by atoms with Crippen LogP contribution in [0.3, 0.4) is 0 Å². The van der Waals surface area contributed by atoms with E-state index in [2.05, 4.69) is 26.6 Å². The number of amides is 1. The van der Waals surface area contributed by atoms with Crippen molar-refractivity contribution in [2.24, 2.45) is 4.99 Å². The number of hydrogen-bond donors (Lipinski definition) is 2. The van der Waals surface area contributed by atoms with E-state index in [1.54, 1.807) is 19.2 Å². The minimum atomic E-state index is -0.499. The molecule has 7 nitrogen and oxygen atoms in total. The van der Waals surface area contributed by atoms with Gasteiger partial charge in [0.1, 0.15) is 5.60 Å². The van der Waals surface area contributed by atoms with Crippen molar-refractivity contribution < 1.29 is 9.53 Å². The molecule has 1 amide bonds. The third-order valence-electron chi connectivity index (χ3n) is 3.95. The van der Waals surface area contributed by atoms with Crippen molar-refractivity contribution >= 4 is 36.0 Å². The highest BCUT2D eigenvalue weighted by Gasteiger charge is 2.27. The zero-order valence-electron chi connectivity index (χ0n) is 16.3. The minimum Gasteiger partial charge on any atom is -0.444 e. The summed E-state index contributed by atoms with van der Waals surface area (Å²) >= 11 is 0. The van der Waals surface area contributed by atoms with E-state index in [1.807, 2.05) is 32.9 Å². The number of nitrogens with one attached hydrogen (secondary N) is 2. The number of rotatable bonds is 3. The summed E-state index contributed by atoms with van der Waals surface area (Å²) in [7, 11) is 1.75. The summed E-state index contributed by atoms with van der Waals surface area (Å²) < 4.78 is 5.31. The van der Waals surface area contributed by atoms with Crippen molar-refractivity contribution in [2.75, 3.05) is 20.1 Å². The number of benzene rings is 1. The van der Waals surface area contributed by atoms with E-state index in [9.17, 15) is 4.79 Å². The monoisotopic (exact) mass is 485 g/mol. The standard InChI is InChI=1S/C19H27N5O2.HI/c1-19(2,3)26-18(25)23-16-9-10-24(13-16)17(21-4)22-12-15-7-5-14(11-20)6-8-15;/h5-8,16H,9-10,12-13H2,1-4H3,(H,21,22)(H,23,25);1H. The first-order valence-electron chi connectivity index (χ1n) is 8.75. The number of ether oxygens (including phenoxy) is 1. The number of nitriles is 1. The second-order valence-corrected chi connectivity index (χ2v) is 7.29. The topological polar surface area (TPSA) is 89.8 Å². The van der Waals surface area contributed by atoms with Gasteiger partial charge in [0, 0.05) is 26.7 Å². The lowest BCUT2D eigenvalue weighted by atomic mass is 10.1. The molecule has 0 spiro atoms. The Hall–Kier alpha value is -2.02. The molecule has 2 rings (SSSR count). The summed E-state index contributed by atoms with van der Waals surface area (Å²) in [6.45, 7) is 7.67. The van der Waals surface area contributed by atoms with E-state index >= 15 is 0 Å². The predicted molar refractivity (Wildman–Crippen MR) is 116 cm³/mol. The summed E-state index contributed by atoms with van der Waals surface area (Å²) in [5.74, 6) is 0.794. The van der Waals surface area contributed by atoms with Crippen LogP contribution in [-0.4, -0.2) is 48.7 Å². The Balaban J connectivity index is 0.00000364. The lowest BCUT2D eigenvalue weighted by Gasteiger charge is -2.23. The Kier molecular flexibility index (Phi) is 8.82. The van der Waals surface area contributed by atoms with E-state index < -0.39 is 5.60 Å². The molecule has 1 aliphatic rings. The fourth-order valence-corrected chi connectivity index (χ4v) is 2.76. The van der Waals surface area contributed by atoms with Crippen LogP contribution in [0, 0.1) is 11.3 Å². The van der Waals surface area contributed by atoms with Gasteiger partial charge in [-0.3, -0.25) is 4.99 Å². The maximum absolute atomic E-state index is 11.9. The van der Waals surface area contributed by atoms with Crippen LogP contribution in [0.2, 0.25) is 0 Å². The Morgan fingerprint density at radius 2 is 2.04 bits per heavy atom. The molecule has 1 aromatic rings. The Bertz CT molecular complexity index is 692. The fraction of sp³-hybridized carbons (Fsp3) is 0.526. The Labute approximate surface area is 178 Å². The summed E-state index contributed by atoms with van der Waals surface area (Å²) in [6, 6.07) is 9.61. The van der Waals surface area contributed by atoms with E-state index in [4.69, 9.17) is 10.00 Å². The molecule has 1 fully saturated rings. The van der Waals surface area contributed by atoms with Crippen molar-refractivity contribution in [2.45, 2.75) is 45.4 Å². The quantitative estimate of drug-likeness (QED) is 0.391. The third kappa shape index (κ3) is 7.62. The van der Waals surface area contributed by atoms with E-state index in [-0.39, 0.29) is 36.1 Å². The molecule has 2 N–H and O–H groups in total. The summed E-state index contributed by atoms with van der Waals surface area (Å²) in [5, 5.41) is 15.1. The van der Waals surface area contributed by atoms with Gasteiger partial charge in [-0.2, -0.15) is 5.26 Å². The van der Waals surface area contributed by atoms with Gasteiger partial charge in [0.25, 0.3) is 0 Å². The second-order valence-electron chi connectivity index (χ2n) is 7.29. The molecular formula is C19H28IN5O2. The van der Waals surface area contributed by atoms with E-state index in [0.29, 0.717) is 18.7 Å². The molecule has 148 valence electrons. The van der Waals surface area contributed by atoms with Gasteiger partial charge < -0.3 is 20.3 Å². The number of hydrogen-bond acceptors (Lipinski definition) is 4. The Morgan fingerprint density at radius 3 is 2.59 bits per heavy atom. The molecular weight excluding hydrogens is 457 g/mol. The molecule has 0 aromatic heterocycles. The van der Waals surface area contributed by atoms with Gasteiger partial charge in [-0.25, -0.2) is 4.79 Å². The largest absolute Gasteiger partial charge is 0.444 e. The van der Waals surface area contributed by atoms with Gasteiger partial charge in [0.05, 0.1) is 17.7 Å². The van der Waals surface area contributed by atoms with E-state index in [0.717, 1.165) is 24.5 Å². The smallest absolute Gasteiger partial charge is 0.407 e. The second kappa shape index (κ2) is 10.3. The SMILES string of the molecule is CN=C(NCc1ccc(C#N)cc1)N1CCC(NC(=O)OC(C)(C)C)C1.I. The molecule has 0 saturated carbocycles. The molecule has 27 heavy (non-hydrogen) atoms. The molecule has 1 aliphatic heterocycles. The van der Waals surface area contributed by atoms with Gasteiger partial charge in [-0.1, -0.05) is 12.1 Å². The summed E-state index contributed by atoms with van der Waals surface area (Å²) in [5.41, 5.74) is 1.22. The number of likely N-dealkylation sites (tertiary alicyclic amines) is 1. The number of alkyl carbamates (subject to hydrolysis) is 1. The number of carbonyl (C=O) groups is 1. The minimum absolute atomic E-state index is 0.